The van der Waals surface area contributed by atoms with E-state index in [9.17, 15) is 0 Å². The summed E-state index contributed by atoms with van der Waals surface area (Å²) in [5.41, 5.74) is 7.14. The number of hydrogen-bond donors (Lipinski definition) is 1. The van der Waals surface area contributed by atoms with Gasteiger partial charge >= 0.3 is 0 Å². The van der Waals surface area contributed by atoms with E-state index in [1.54, 1.807) is 0 Å². The van der Waals surface area contributed by atoms with Gasteiger partial charge in [0.1, 0.15) is 0 Å². The molecule has 0 amide bonds. The second-order valence-electron chi connectivity index (χ2n) is 4.38. The Morgan fingerprint density at radius 3 is 2.74 bits per heavy atom. The van der Waals surface area contributed by atoms with Crippen LogP contribution in [0.4, 0.5) is 0 Å². The Kier molecular flexibility index (Phi) is 6.04. The fourth-order valence-electron chi connectivity index (χ4n) is 1.88. The lowest BCUT2D eigenvalue weighted by molar-refractivity contribution is 0.128. The number of nitrogens with zero attached hydrogens (tertiary/aromatic N) is 2. The largest absolute Gasteiger partial charge is 0.375 e. The third kappa shape index (κ3) is 5.12. The lowest BCUT2D eigenvalue weighted by atomic mass is 10.2. The van der Waals surface area contributed by atoms with Crippen LogP contribution in [0.3, 0.4) is 0 Å². The molecule has 0 saturated carbocycles. The molecule has 0 radical (unpaired) electrons. The van der Waals surface area contributed by atoms with Crippen molar-refractivity contribution in [3.63, 3.8) is 0 Å². The summed E-state index contributed by atoms with van der Waals surface area (Å²) in [5, 5.41) is 0. The zero-order valence-electron chi connectivity index (χ0n) is 11.1. The number of hydrogen-bond acceptors (Lipinski definition) is 3. The van der Waals surface area contributed by atoms with E-state index in [1.165, 1.54) is 5.56 Å². The van der Waals surface area contributed by atoms with E-state index < -0.39 is 0 Å². The van der Waals surface area contributed by atoms with Crippen molar-refractivity contribution >= 4 is 17.7 Å². The molecule has 1 aromatic carbocycles. The quantitative estimate of drug-likeness (QED) is 0.505. The van der Waals surface area contributed by atoms with E-state index in [0.717, 1.165) is 24.6 Å². The molecular formula is C14H21N3OS. The van der Waals surface area contributed by atoms with Gasteiger partial charge in [0.05, 0.1) is 19.8 Å². The van der Waals surface area contributed by atoms with Crippen molar-refractivity contribution in [1.29, 1.82) is 0 Å². The molecule has 1 saturated heterocycles. The Morgan fingerprint density at radius 2 is 2.00 bits per heavy atom. The van der Waals surface area contributed by atoms with Gasteiger partial charge in [-0.1, -0.05) is 30.3 Å². The molecule has 19 heavy (non-hydrogen) atoms. The van der Waals surface area contributed by atoms with Crippen LogP contribution in [0, 0.1) is 0 Å². The lowest BCUT2D eigenvalue weighted by Gasteiger charge is -2.27. The summed E-state index contributed by atoms with van der Waals surface area (Å²) in [7, 11) is 0. The van der Waals surface area contributed by atoms with E-state index in [0.29, 0.717) is 25.7 Å². The van der Waals surface area contributed by atoms with Crippen LogP contribution in [-0.2, 0) is 11.3 Å². The highest BCUT2D eigenvalue weighted by molar-refractivity contribution is 7.99. The Balaban J connectivity index is 1.62. The molecule has 2 rings (SSSR count). The summed E-state index contributed by atoms with van der Waals surface area (Å²) in [4.78, 5) is 6.51. The number of benzene rings is 1. The van der Waals surface area contributed by atoms with Crippen LogP contribution >= 0.6 is 11.8 Å². The van der Waals surface area contributed by atoms with Crippen LogP contribution < -0.4 is 5.73 Å². The second kappa shape index (κ2) is 8.07. The SMILES string of the molecule is NC(=NCCOCc1ccccc1)N1CCSCC1. The first-order valence-corrected chi connectivity index (χ1v) is 7.76. The zero-order chi connectivity index (χ0) is 13.3. The topological polar surface area (TPSA) is 50.9 Å². The Morgan fingerprint density at radius 1 is 1.26 bits per heavy atom. The van der Waals surface area contributed by atoms with Crippen molar-refractivity contribution in [1.82, 2.24) is 4.90 Å². The number of aliphatic imine (C=N–C) groups is 1. The van der Waals surface area contributed by atoms with Crippen molar-refractivity contribution in [3.8, 4) is 0 Å². The number of guanidine groups is 1. The maximum atomic E-state index is 5.95. The van der Waals surface area contributed by atoms with Crippen LogP contribution in [0.5, 0.6) is 0 Å². The first-order chi connectivity index (χ1) is 9.36. The summed E-state index contributed by atoms with van der Waals surface area (Å²) in [6.07, 6.45) is 0. The minimum atomic E-state index is 0.609. The summed E-state index contributed by atoms with van der Waals surface area (Å²) >= 11 is 1.97. The number of thioether (sulfide) groups is 1. The number of nitrogens with two attached hydrogens (primary N) is 1. The predicted molar refractivity (Wildman–Crippen MR) is 81.5 cm³/mol. The first-order valence-electron chi connectivity index (χ1n) is 6.60. The molecule has 1 aromatic rings. The molecule has 4 nitrogen and oxygen atoms in total. The third-order valence-corrected chi connectivity index (χ3v) is 3.90. The van der Waals surface area contributed by atoms with Gasteiger partial charge < -0.3 is 15.4 Å². The van der Waals surface area contributed by atoms with Crippen LogP contribution in [-0.4, -0.2) is 48.6 Å². The molecule has 0 aromatic heterocycles. The van der Waals surface area contributed by atoms with Gasteiger partial charge in [-0.2, -0.15) is 11.8 Å². The molecule has 1 aliphatic rings. The second-order valence-corrected chi connectivity index (χ2v) is 5.60. The normalized spacial score (nSPS) is 16.6. The van der Waals surface area contributed by atoms with Crippen LogP contribution in [0.25, 0.3) is 0 Å². The van der Waals surface area contributed by atoms with Gasteiger partial charge in [-0.25, -0.2) is 0 Å². The van der Waals surface area contributed by atoms with E-state index in [4.69, 9.17) is 10.5 Å². The van der Waals surface area contributed by atoms with Gasteiger partial charge in [-0.3, -0.25) is 4.99 Å². The zero-order valence-corrected chi connectivity index (χ0v) is 11.9. The van der Waals surface area contributed by atoms with Crippen molar-refractivity contribution < 1.29 is 4.74 Å². The Hall–Kier alpha value is -1.20. The fourth-order valence-corrected chi connectivity index (χ4v) is 2.78. The Bertz CT molecular complexity index is 391. The minimum absolute atomic E-state index is 0.609. The standard InChI is InChI=1S/C14H21N3OS/c15-14(17-7-10-19-11-8-17)16-6-9-18-12-13-4-2-1-3-5-13/h1-5H,6-12H2,(H2,15,16). The molecule has 1 aliphatic heterocycles. The van der Waals surface area contributed by atoms with Crippen LogP contribution in [0.2, 0.25) is 0 Å². The monoisotopic (exact) mass is 279 g/mol. The van der Waals surface area contributed by atoms with Crippen LogP contribution in [0.15, 0.2) is 35.3 Å². The highest BCUT2D eigenvalue weighted by atomic mass is 32.2. The molecule has 0 spiro atoms. The van der Waals surface area contributed by atoms with Crippen molar-refractivity contribution in [2.24, 2.45) is 10.7 Å². The lowest BCUT2D eigenvalue weighted by Crippen LogP contribution is -2.42. The average Bonchev–Trinajstić information content (AvgIpc) is 2.49. The Labute approximate surface area is 119 Å². The predicted octanol–water partition coefficient (Wildman–Crippen LogP) is 1.57. The smallest absolute Gasteiger partial charge is 0.191 e. The molecule has 0 atom stereocenters. The maximum Gasteiger partial charge on any atom is 0.191 e. The average molecular weight is 279 g/mol. The van der Waals surface area contributed by atoms with Gasteiger partial charge in [-0.05, 0) is 5.56 Å². The van der Waals surface area contributed by atoms with Crippen LogP contribution in [0.1, 0.15) is 5.56 Å². The molecule has 5 heteroatoms. The molecule has 2 N–H and O–H groups in total. The van der Waals surface area contributed by atoms with E-state index in [2.05, 4.69) is 22.0 Å². The van der Waals surface area contributed by atoms with E-state index >= 15 is 0 Å². The van der Waals surface area contributed by atoms with Gasteiger partial charge in [-0.15, -0.1) is 0 Å². The summed E-state index contributed by atoms with van der Waals surface area (Å²) in [5.74, 6) is 2.94. The third-order valence-electron chi connectivity index (χ3n) is 2.96. The van der Waals surface area contributed by atoms with Gasteiger partial charge in [0.25, 0.3) is 0 Å². The summed E-state index contributed by atoms with van der Waals surface area (Å²) in [6, 6.07) is 10.2. The summed E-state index contributed by atoms with van der Waals surface area (Å²) < 4.78 is 5.57. The highest BCUT2D eigenvalue weighted by Gasteiger charge is 2.11. The van der Waals surface area contributed by atoms with Crippen molar-refractivity contribution in [3.05, 3.63) is 35.9 Å². The molecule has 1 fully saturated rings. The fraction of sp³-hybridized carbons (Fsp3) is 0.500. The molecule has 0 aliphatic carbocycles. The molecular weight excluding hydrogens is 258 g/mol. The highest BCUT2D eigenvalue weighted by Crippen LogP contribution is 2.08. The summed E-state index contributed by atoms with van der Waals surface area (Å²) in [6.45, 7) is 3.88. The number of rotatable bonds is 5. The molecule has 104 valence electrons. The van der Waals surface area contributed by atoms with Gasteiger partial charge in [0.2, 0.25) is 0 Å². The maximum absolute atomic E-state index is 5.95. The minimum Gasteiger partial charge on any atom is -0.375 e. The molecule has 0 unspecified atom stereocenters. The number of ether oxygens (including phenoxy) is 1. The molecule has 0 bridgehead atoms. The van der Waals surface area contributed by atoms with Gasteiger partial charge in [0, 0.05) is 24.6 Å². The first kappa shape index (κ1) is 14.2. The van der Waals surface area contributed by atoms with E-state index in [-0.39, 0.29) is 0 Å². The molecule has 1 heterocycles. The van der Waals surface area contributed by atoms with Gasteiger partial charge in [0.15, 0.2) is 5.96 Å². The van der Waals surface area contributed by atoms with E-state index in [1.807, 2.05) is 30.0 Å². The van der Waals surface area contributed by atoms with Crippen molar-refractivity contribution in [2.45, 2.75) is 6.61 Å². The van der Waals surface area contributed by atoms with Crippen molar-refractivity contribution in [2.75, 3.05) is 37.7 Å².